The smallest absolute Gasteiger partial charge is 0.407 e. The van der Waals surface area contributed by atoms with Crippen molar-refractivity contribution in [2.75, 3.05) is 11.9 Å². The van der Waals surface area contributed by atoms with Crippen LogP contribution in [0, 0.1) is 5.92 Å². The lowest BCUT2D eigenvalue weighted by molar-refractivity contribution is -0.118. The van der Waals surface area contributed by atoms with Crippen molar-refractivity contribution in [2.24, 2.45) is 5.92 Å². The number of alkyl carbamates (subject to hydrolysis) is 1. The number of phenols is 1. The zero-order chi connectivity index (χ0) is 24.5. The third kappa shape index (κ3) is 4.55. The monoisotopic (exact) mass is 472 g/mol. The van der Waals surface area contributed by atoms with Gasteiger partial charge in [-0.3, -0.25) is 4.79 Å². The maximum atomic E-state index is 12.9. The molecule has 1 saturated carbocycles. The highest BCUT2D eigenvalue weighted by Gasteiger charge is 2.38. The van der Waals surface area contributed by atoms with Gasteiger partial charge in [0.05, 0.1) is 11.3 Å². The number of amides is 2. The number of hydrogen-bond donors (Lipinski definition) is 4. The van der Waals surface area contributed by atoms with Gasteiger partial charge in [0.15, 0.2) is 0 Å². The van der Waals surface area contributed by atoms with Crippen molar-refractivity contribution < 1.29 is 29.3 Å². The Bertz CT molecular complexity index is 1270. The first-order chi connectivity index (χ1) is 16.9. The van der Waals surface area contributed by atoms with Gasteiger partial charge in [-0.15, -0.1) is 0 Å². The molecule has 1 atom stereocenters. The fourth-order valence-corrected chi connectivity index (χ4v) is 4.57. The molecule has 0 aromatic heterocycles. The summed E-state index contributed by atoms with van der Waals surface area (Å²) >= 11 is 0. The van der Waals surface area contributed by atoms with Crippen LogP contribution in [0.2, 0.25) is 0 Å². The first-order valence-corrected chi connectivity index (χ1v) is 11.4. The Morgan fingerprint density at radius 2 is 1.57 bits per heavy atom. The number of carbonyl (C=O) groups excluding carboxylic acids is 2. The number of aromatic hydroxyl groups is 1. The second-order valence-corrected chi connectivity index (χ2v) is 8.81. The van der Waals surface area contributed by atoms with Gasteiger partial charge in [0.25, 0.3) is 0 Å². The van der Waals surface area contributed by atoms with Crippen molar-refractivity contribution in [3.63, 3.8) is 0 Å². The van der Waals surface area contributed by atoms with Crippen molar-refractivity contribution in [1.29, 1.82) is 0 Å². The molecule has 8 heteroatoms. The molecule has 0 saturated heterocycles. The zero-order valence-corrected chi connectivity index (χ0v) is 18.7. The number of carboxylic acids is 1. The number of fused-ring (bicyclic) bond motifs is 3. The zero-order valence-electron chi connectivity index (χ0n) is 18.7. The number of nitrogens with one attached hydrogen (secondary N) is 2. The number of aromatic carboxylic acids is 1. The van der Waals surface area contributed by atoms with Crippen molar-refractivity contribution in [3.8, 4) is 16.9 Å². The number of ether oxygens (including phenoxy) is 1. The van der Waals surface area contributed by atoms with Crippen molar-refractivity contribution in [3.05, 3.63) is 83.4 Å². The van der Waals surface area contributed by atoms with E-state index in [1.54, 1.807) is 0 Å². The van der Waals surface area contributed by atoms with Crippen LogP contribution in [0.25, 0.3) is 11.1 Å². The maximum Gasteiger partial charge on any atom is 0.407 e. The van der Waals surface area contributed by atoms with Crippen LogP contribution in [0.5, 0.6) is 5.75 Å². The first-order valence-electron chi connectivity index (χ1n) is 11.4. The molecule has 0 heterocycles. The standard InChI is InChI=1S/C27H24N2O6/c30-23-12-11-16(26(32)33)13-22(23)28-25(31)24(15-9-10-15)29-27(34)35-14-21-19-7-3-1-5-17(19)18-6-2-4-8-20(18)21/h1-8,11-13,15,21,24,30H,9-10,14H2,(H,28,31)(H,29,34)(H,32,33). The largest absolute Gasteiger partial charge is 0.506 e. The maximum absolute atomic E-state index is 12.9. The minimum absolute atomic E-state index is 0.0325. The average molecular weight is 472 g/mol. The highest BCUT2D eigenvalue weighted by atomic mass is 16.5. The predicted octanol–water partition coefficient (Wildman–Crippen LogP) is 4.35. The molecule has 8 nitrogen and oxygen atoms in total. The molecular weight excluding hydrogens is 448 g/mol. The van der Waals surface area contributed by atoms with Gasteiger partial charge in [-0.25, -0.2) is 9.59 Å². The summed E-state index contributed by atoms with van der Waals surface area (Å²) in [5.41, 5.74) is 4.31. The molecule has 1 unspecified atom stereocenters. The molecule has 178 valence electrons. The highest BCUT2D eigenvalue weighted by Crippen LogP contribution is 2.44. The Kier molecular flexibility index (Phi) is 5.86. The molecule has 2 amide bonds. The molecule has 0 aliphatic heterocycles. The lowest BCUT2D eigenvalue weighted by Crippen LogP contribution is -2.45. The second-order valence-electron chi connectivity index (χ2n) is 8.81. The number of carbonyl (C=O) groups is 3. The fourth-order valence-electron chi connectivity index (χ4n) is 4.57. The Balaban J connectivity index is 1.26. The summed E-state index contributed by atoms with van der Waals surface area (Å²) in [4.78, 5) is 36.8. The number of rotatable bonds is 7. The fraction of sp³-hybridized carbons (Fsp3) is 0.222. The summed E-state index contributed by atoms with van der Waals surface area (Å²) < 4.78 is 5.57. The molecule has 4 N–H and O–H groups in total. The van der Waals surface area contributed by atoms with Crippen molar-refractivity contribution in [1.82, 2.24) is 5.32 Å². The SMILES string of the molecule is O=C(NC(C(=O)Nc1cc(C(=O)O)ccc1O)C1CC1)OCC1c2ccccc2-c2ccccc21. The predicted molar refractivity (Wildman–Crippen MR) is 128 cm³/mol. The number of carboxylic acid groups (broad SMARTS) is 1. The Hall–Kier alpha value is -4.33. The Labute approximate surface area is 201 Å². The summed E-state index contributed by atoms with van der Waals surface area (Å²) in [7, 11) is 0. The summed E-state index contributed by atoms with van der Waals surface area (Å²) in [6, 6.07) is 18.8. The van der Waals surface area contributed by atoms with E-state index in [0.29, 0.717) is 0 Å². The average Bonchev–Trinajstić information content (AvgIpc) is 3.65. The van der Waals surface area contributed by atoms with E-state index < -0.39 is 24.0 Å². The van der Waals surface area contributed by atoms with E-state index in [9.17, 15) is 19.5 Å². The van der Waals surface area contributed by atoms with Crippen molar-refractivity contribution in [2.45, 2.75) is 24.8 Å². The van der Waals surface area contributed by atoms with E-state index in [0.717, 1.165) is 35.1 Å². The number of hydrogen-bond acceptors (Lipinski definition) is 5. The third-order valence-electron chi connectivity index (χ3n) is 6.49. The quantitative estimate of drug-likeness (QED) is 0.379. The van der Waals surface area contributed by atoms with E-state index in [-0.39, 0.29) is 35.4 Å². The second kappa shape index (κ2) is 9.13. The molecule has 1 fully saturated rings. The van der Waals surface area contributed by atoms with Gasteiger partial charge >= 0.3 is 12.1 Å². The lowest BCUT2D eigenvalue weighted by atomic mass is 9.98. The first kappa shape index (κ1) is 22.5. The molecule has 0 radical (unpaired) electrons. The van der Waals surface area contributed by atoms with Gasteiger partial charge in [0, 0.05) is 5.92 Å². The molecule has 3 aromatic rings. The van der Waals surface area contributed by atoms with Gasteiger partial charge in [0.2, 0.25) is 5.91 Å². The van der Waals surface area contributed by atoms with E-state index >= 15 is 0 Å². The van der Waals surface area contributed by atoms with Gasteiger partial charge < -0.3 is 25.6 Å². The van der Waals surface area contributed by atoms with E-state index in [1.165, 1.54) is 18.2 Å². The molecular formula is C27H24N2O6. The van der Waals surface area contributed by atoms with Crippen LogP contribution in [0.3, 0.4) is 0 Å². The van der Waals surface area contributed by atoms with E-state index in [2.05, 4.69) is 22.8 Å². The number of benzene rings is 3. The lowest BCUT2D eigenvalue weighted by Gasteiger charge is -2.20. The van der Waals surface area contributed by atoms with Crippen LogP contribution >= 0.6 is 0 Å². The summed E-state index contributed by atoms with van der Waals surface area (Å²) in [5.74, 6) is -2.15. The summed E-state index contributed by atoms with van der Waals surface area (Å²) in [6.07, 6.45) is 0.827. The molecule has 0 spiro atoms. The van der Waals surface area contributed by atoms with Crippen LogP contribution in [0.15, 0.2) is 66.7 Å². The summed E-state index contributed by atoms with van der Waals surface area (Å²) in [6.45, 7) is 0.125. The molecule has 2 aliphatic carbocycles. The molecule has 0 bridgehead atoms. The van der Waals surface area contributed by atoms with Gasteiger partial charge in [-0.2, -0.15) is 0 Å². The molecule has 35 heavy (non-hydrogen) atoms. The van der Waals surface area contributed by atoms with Crippen LogP contribution in [0.1, 0.15) is 40.2 Å². The molecule has 3 aromatic carbocycles. The van der Waals surface area contributed by atoms with Crippen molar-refractivity contribution >= 4 is 23.7 Å². The molecule has 2 aliphatic rings. The topological polar surface area (TPSA) is 125 Å². The number of phenolic OH excluding ortho intramolecular Hbond substituents is 1. The summed E-state index contributed by atoms with van der Waals surface area (Å²) in [5, 5.41) is 24.4. The van der Waals surface area contributed by atoms with E-state index in [4.69, 9.17) is 9.84 Å². The highest BCUT2D eigenvalue weighted by molar-refractivity contribution is 5.99. The normalized spacial score (nSPS) is 15.0. The number of anilines is 1. The van der Waals surface area contributed by atoms with Crippen LogP contribution in [0.4, 0.5) is 10.5 Å². The Morgan fingerprint density at radius 3 is 2.17 bits per heavy atom. The van der Waals surface area contributed by atoms with E-state index in [1.807, 2.05) is 36.4 Å². The Morgan fingerprint density at radius 1 is 0.943 bits per heavy atom. The van der Waals surface area contributed by atoms with Crippen LogP contribution in [-0.4, -0.2) is 40.8 Å². The van der Waals surface area contributed by atoms with Gasteiger partial charge in [-0.1, -0.05) is 48.5 Å². The van der Waals surface area contributed by atoms with Gasteiger partial charge in [0.1, 0.15) is 18.4 Å². The van der Waals surface area contributed by atoms with Crippen LogP contribution in [-0.2, 0) is 9.53 Å². The third-order valence-corrected chi connectivity index (χ3v) is 6.49. The minimum Gasteiger partial charge on any atom is -0.506 e. The van der Waals surface area contributed by atoms with Crippen LogP contribution < -0.4 is 10.6 Å². The van der Waals surface area contributed by atoms with Gasteiger partial charge in [-0.05, 0) is 59.2 Å². The minimum atomic E-state index is -1.18. The molecule has 5 rings (SSSR count).